The van der Waals surface area contributed by atoms with Crippen LogP contribution in [0.5, 0.6) is 0 Å². The van der Waals surface area contributed by atoms with Gasteiger partial charge in [0.15, 0.2) is 0 Å². The zero-order chi connectivity index (χ0) is 14.4. The summed E-state index contributed by atoms with van der Waals surface area (Å²) in [5.74, 6) is -0.199. The molecule has 2 nitrogen and oxygen atoms in total. The maximum atomic E-state index is 13.0. The normalized spacial score (nSPS) is 10.6. The summed E-state index contributed by atoms with van der Waals surface area (Å²) in [7, 11) is 2.03. The van der Waals surface area contributed by atoms with E-state index in [0.29, 0.717) is 0 Å². The number of nitrogens with one attached hydrogen (secondary N) is 1. The average Bonchev–Trinajstić information content (AvgIpc) is 2.47. The largest absolute Gasteiger partial charge is 0.370 e. The zero-order valence-electron chi connectivity index (χ0n) is 12.1. The van der Waals surface area contributed by atoms with E-state index in [-0.39, 0.29) is 5.82 Å². The molecule has 0 fully saturated rings. The lowest BCUT2D eigenvalue weighted by Gasteiger charge is -2.21. The molecule has 0 unspecified atom stereocenters. The third-order valence-electron chi connectivity index (χ3n) is 3.36. The van der Waals surface area contributed by atoms with E-state index in [1.165, 1.54) is 23.3 Å². The van der Waals surface area contributed by atoms with Crippen LogP contribution >= 0.6 is 0 Å². The first-order chi connectivity index (χ1) is 9.70. The molecule has 0 amide bonds. The lowest BCUT2D eigenvalue weighted by molar-refractivity contribution is 0.627. The van der Waals surface area contributed by atoms with E-state index < -0.39 is 0 Å². The van der Waals surface area contributed by atoms with Gasteiger partial charge in [-0.05, 0) is 41.9 Å². The number of hydrogen-bond donors (Lipinski definition) is 1. The second kappa shape index (κ2) is 7.06. The molecule has 0 saturated carbocycles. The van der Waals surface area contributed by atoms with Crippen LogP contribution in [0.4, 0.5) is 10.1 Å². The van der Waals surface area contributed by atoms with Crippen LogP contribution in [0.1, 0.15) is 18.1 Å². The summed E-state index contributed by atoms with van der Waals surface area (Å²) < 4.78 is 13.0. The van der Waals surface area contributed by atoms with E-state index in [0.717, 1.165) is 25.3 Å². The van der Waals surface area contributed by atoms with Gasteiger partial charge in [-0.2, -0.15) is 0 Å². The Balaban J connectivity index is 2.10. The minimum absolute atomic E-state index is 0.199. The zero-order valence-corrected chi connectivity index (χ0v) is 12.1. The molecule has 106 valence electrons. The highest BCUT2D eigenvalue weighted by Gasteiger charge is 2.06. The topological polar surface area (TPSA) is 15.3 Å². The van der Waals surface area contributed by atoms with Crippen LogP contribution < -0.4 is 10.2 Å². The molecule has 0 bridgehead atoms. The number of halogens is 1. The number of rotatable bonds is 6. The summed E-state index contributed by atoms with van der Waals surface area (Å²) in [5, 5.41) is 3.36. The predicted octanol–water partition coefficient (Wildman–Crippen LogP) is 3.57. The third kappa shape index (κ3) is 3.81. The monoisotopic (exact) mass is 272 g/mol. The smallest absolute Gasteiger partial charge is 0.123 e. The predicted molar refractivity (Wildman–Crippen MR) is 82.3 cm³/mol. The summed E-state index contributed by atoms with van der Waals surface area (Å²) in [4.78, 5) is 2.13. The van der Waals surface area contributed by atoms with Gasteiger partial charge in [0.25, 0.3) is 0 Å². The van der Waals surface area contributed by atoms with Crippen LogP contribution in [0.15, 0.2) is 48.5 Å². The van der Waals surface area contributed by atoms with Crippen molar-refractivity contribution in [3.8, 4) is 0 Å². The lowest BCUT2D eigenvalue weighted by atomic mass is 10.1. The number of nitrogens with zero attached hydrogens (tertiary/aromatic N) is 1. The Morgan fingerprint density at radius 2 is 1.65 bits per heavy atom. The average molecular weight is 272 g/mol. The Hall–Kier alpha value is -1.87. The molecule has 0 saturated heterocycles. The van der Waals surface area contributed by atoms with Crippen LogP contribution in [-0.2, 0) is 13.1 Å². The quantitative estimate of drug-likeness (QED) is 0.865. The summed E-state index contributed by atoms with van der Waals surface area (Å²) in [6.45, 7) is 4.76. The van der Waals surface area contributed by atoms with Crippen molar-refractivity contribution in [2.24, 2.45) is 0 Å². The number of anilines is 1. The molecule has 0 aliphatic carbocycles. The van der Waals surface area contributed by atoms with E-state index in [1.54, 1.807) is 0 Å². The molecule has 0 aliphatic heterocycles. The highest BCUT2D eigenvalue weighted by Crippen LogP contribution is 2.18. The van der Waals surface area contributed by atoms with E-state index in [2.05, 4.69) is 41.4 Å². The maximum absolute atomic E-state index is 13.0. The Morgan fingerprint density at radius 3 is 2.30 bits per heavy atom. The van der Waals surface area contributed by atoms with Crippen molar-refractivity contribution >= 4 is 5.69 Å². The molecule has 0 aliphatic rings. The maximum Gasteiger partial charge on any atom is 0.123 e. The van der Waals surface area contributed by atoms with Gasteiger partial charge in [0, 0.05) is 25.8 Å². The molecule has 0 radical (unpaired) electrons. The summed E-state index contributed by atoms with van der Waals surface area (Å²) >= 11 is 0. The first-order valence-corrected chi connectivity index (χ1v) is 6.95. The Bertz CT molecular complexity index is 537. The highest BCUT2D eigenvalue weighted by atomic mass is 19.1. The van der Waals surface area contributed by atoms with Crippen LogP contribution in [0, 0.1) is 5.82 Å². The van der Waals surface area contributed by atoms with Gasteiger partial charge < -0.3 is 10.2 Å². The summed E-state index contributed by atoms with van der Waals surface area (Å²) in [5.41, 5.74) is 3.62. The standard InChI is InChI=1S/C17H21FN2/c1-3-19-12-14-6-4-5-7-15(14)13-20(2)17-10-8-16(18)9-11-17/h4-11,19H,3,12-13H2,1-2H3. The van der Waals surface area contributed by atoms with Gasteiger partial charge in [0.1, 0.15) is 5.82 Å². The molecule has 1 N–H and O–H groups in total. The second-order valence-electron chi connectivity index (χ2n) is 4.88. The van der Waals surface area contributed by atoms with Crippen molar-refractivity contribution in [1.82, 2.24) is 5.32 Å². The van der Waals surface area contributed by atoms with Gasteiger partial charge in [0.05, 0.1) is 0 Å². The van der Waals surface area contributed by atoms with Crippen LogP contribution in [-0.4, -0.2) is 13.6 Å². The van der Waals surface area contributed by atoms with Gasteiger partial charge >= 0.3 is 0 Å². The van der Waals surface area contributed by atoms with Gasteiger partial charge in [-0.3, -0.25) is 0 Å². The van der Waals surface area contributed by atoms with Crippen molar-refractivity contribution in [2.45, 2.75) is 20.0 Å². The van der Waals surface area contributed by atoms with Crippen molar-refractivity contribution in [3.05, 3.63) is 65.5 Å². The first kappa shape index (κ1) is 14.5. The summed E-state index contributed by atoms with van der Waals surface area (Å²) in [6.07, 6.45) is 0. The van der Waals surface area contributed by atoms with Gasteiger partial charge in [-0.15, -0.1) is 0 Å². The molecule has 20 heavy (non-hydrogen) atoms. The molecule has 0 atom stereocenters. The van der Waals surface area contributed by atoms with E-state index in [1.807, 2.05) is 19.2 Å². The van der Waals surface area contributed by atoms with Gasteiger partial charge in [0.2, 0.25) is 0 Å². The van der Waals surface area contributed by atoms with Crippen molar-refractivity contribution in [2.75, 3.05) is 18.5 Å². The van der Waals surface area contributed by atoms with Crippen LogP contribution in [0.2, 0.25) is 0 Å². The second-order valence-corrected chi connectivity index (χ2v) is 4.88. The van der Waals surface area contributed by atoms with E-state index >= 15 is 0 Å². The third-order valence-corrected chi connectivity index (χ3v) is 3.36. The first-order valence-electron chi connectivity index (χ1n) is 6.95. The SMILES string of the molecule is CCNCc1ccccc1CN(C)c1ccc(F)cc1. The highest BCUT2D eigenvalue weighted by molar-refractivity contribution is 5.46. The van der Waals surface area contributed by atoms with Crippen LogP contribution in [0.25, 0.3) is 0 Å². The molecule has 2 aromatic rings. The molecular formula is C17H21FN2. The Morgan fingerprint density at radius 1 is 1.00 bits per heavy atom. The molecule has 3 heteroatoms. The molecule has 0 heterocycles. The molecule has 2 rings (SSSR count). The van der Waals surface area contributed by atoms with Crippen molar-refractivity contribution < 1.29 is 4.39 Å². The summed E-state index contributed by atoms with van der Waals surface area (Å²) in [6, 6.07) is 15.0. The fourth-order valence-electron chi connectivity index (χ4n) is 2.19. The van der Waals surface area contributed by atoms with Crippen molar-refractivity contribution in [3.63, 3.8) is 0 Å². The molecule has 2 aromatic carbocycles. The molecule has 0 aromatic heterocycles. The van der Waals surface area contributed by atoms with Crippen molar-refractivity contribution in [1.29, 1.82) is 0 Å². The molecule has 0 spiro atoms. The fourth-order valence-corrected chi connectivity index (χ4v) is 2.19. The Labute approximate surface area is 120 Å². The van der Waals surface area contributed by atoms with Gasteiger partial charge in [-0.25, -0.2) is 4.39 Å². The van der Waals surface area contributed by atoms with E-state index in [9.17, 15) is 4.39 Å². The van der Waals surface area contributed by atoms with Gasteiger partial charge in [-0.1, -0.05) is 31.2 Å². The van der Waals surface area contributed by atoms with Crippen LogP contribution in [0.3, 0.4) is 0 Å². The number of hydrogen-bond acceptors (Lipinski definition) is 2. The lowest BCUT2D eigenvalue weighted by Crippen LogP contribution is -2.19. The minimum atomic E-state index is -0.199. The number of benzene rings is 2. The molecular weight excluding hydrogens is 251 g/mol. The fraction of sp³-hybridized carbons (Fsp3) is 0.294. The van der Waals surface area contributed by atoms with E-state index in [4.69, 9.17) is 0 Å². The minimum Gasteiger partial charge on any atom is -0.370 e. The Kier molecular flexibility index (Phi) is 5.13.